The van der Waals surface area contributed by atoms with Crippen LogP contribution in [0.1, 0.15) is 24.1 Å². The summed E-state index contributed by atoms with van der Waals surface area (Å²) in [6, 6.07) is 18.7. The Bertz CT molecular complexity index is 1120. The molecule has 0 saturated heterocycles. The van der Waals surface area contributed by atoms with Crippen molar-refractivity contribution in [2.24, 2.45) is 0 Å². The second-order valence-electron chi connectivity index (χ2n) is 7.08. The summed E-state index contributed by atoms with van der Waals surface area (Å²) < 4.78 is 45.1. The monoisotopic (exact) mass is 441 g/mol. The topological polar surface area (TPSA) is 65.1 Å². The first-order valence-electron chi connectivity index (χ1n) is 9.79. The Labute approximate surface area is 184 Å². The third kappa shape index (κ3) is 4.61. The molecule has 0 aromatic heterocycles. The van der Waals surface area contributed by atoms with E-state index in [1.165, 1.54) is 18.5 Å². The zero-order chi connectivity index (χ0) is 22.6. The molecule has 3 rings (SSSR count). The first-order chi connectivity index (χ1) is 14.8. The number of sulfonamides is 1. The van der Waals surface area contributed by atoms with Gasteiger partial charge in [0.15, 0.2) is 0 Å². The minimum Gasteiger partial charge on any atom is -0.497 e. The summed E-state index contributed by atoms with van der Waals surface area (Å²) in [6.07, 6.45) is 0. The molecule has 0 radical (unpaired) electrons. The number of aryl methyl sites for hydroxylation is 1. The molecule has 0 fully saturated rings. The molecule has 164 valence electrons. The van der Waals surface area contributed by atoms with Crippen molar-refractivity contribution in [1.29, 1.82) is 0 Å². The zero-order valence-electron chi connectivity index (χ0n) is 18.3. The fourth-order valence-corrected chi connectivity index (χ4v) is 5.15. The molecular formula is C24H27NO5S. The van der Waals surface area contributed by atoms with Crippen molar-refractivity contribution in [2.75, 3.05) is 25.6 Å². The summed E-state index contributed by atoms with van der Waals surface area (Å²) in [5.41, 5.74) is 2.35. The van der Waals surface area contributed by atoms with Gasteiger partial charge in [-0.05, 0) is 49.2 Å². The maximum absolute atomic E-state index is 13.9. The summed E-state index contributed by atoms with van der Waals surface area (Å²) in [7, 11) is 0.680. The predicted molar refractivity (Wildman–Crippen MR) is 122 cm³/mol. The molecular weight excluding hydrogens is 414 g/mol. The molecule has 0 heterocycles. The van der Waals surface area contributed by atoms with Gasteiger partial charge in [-0.3, -0.25) is 4.31 Å². The lowest BCUT2D eigenvalue weighted by Crippen LogP contribution is -2.34. The number of ether oxygens (including phenoxy) is 3. The highest BCUT2D eigenvalue weighted by molar-refractivity contribution is 7.92. The molecule has 0 aliphatic carbocycles. The lowest BCUT2D eigenvalue weighted by Gasteiger charge is -2.32. The zero-order valence-corrected chi connectivity index (χ0v) is 19.1. The van der Waals surface area contributed by atoms with Gasteiger partial charge in [-0.15, -0.1) is 0 Å². The van der Waals surface area contributed by atoms with E-state index in [0.29, 0.717) is 22.9 Å². The highest BCUT2D eigenvalue weighted by Crippen LogP contribution is 2.38. The maximum atomic E-state index is 13.9. The van der Waals surface area contributed by atoms with Crippen LogP contribution in [0.3, 0.4) is 0 Å². The molecule has 0 aliphatic heterocycles. The Hall–Kier alpha value is -3.19. The average molecular weight is 442 g/mol. The van der Waals surface area contributed by atoms with E-state index in [-0.39, 0.29) is 4.90 Å². The van der Waals surface area contributed by atoms with Crippen molar-refractivity contribution < 1.29 is 22.6 Å². The normalized spacial score (nSPS) is 12.2. The first-order valence-corrected chi connectivity index (χ1v) is 11.2. The quantitative estimate of drug-likeness (QED) is 0.493. The van der Waals surface area contributed by atoms with Crippen molar-refractivity contribution in [1.82, 2.24) is 0 Å². The van der Waals surface area contributed by atoms with Crippen LogP contribution < -0.4 is 18.5 Å². The molecule has 0 spiro atoms. The van der Waals surface area contributed by atoms with Gasteiger partial charge >= 0.3 is 0 Å². The van der Waals surface area contributed by atoms with Crippen LogP contribution in [-0.4, -0.2) is 29.7 Å². The van der Waals surface area contributed by atoms with Gasteiger partial charge in [0.1, 0.15) is 17.2 Å². The molecule has 0 N–H and O–H groups in total. The van der Waals surface area contributed by atoms with E-state index >= 15 is 0 Å². The van der Waals surface area contributed by atoms with Crippen LogP contribution in [0.2, 0.25) is 0 Å². The molecule has 7 heteroatoms. The third-order valence-electron chi connectivity index (χ3n) is 5.20. The standard InChI is InChI=1S/C24H27NO5S/c1-17-8-6-7-9-24(17)18(2)25(19-14-21(29-4)16-22(15-19)30-5)31(26,27)23-12-10-20(28-3)11-13-23/h6-16,18H,1-5H3. The first kappa shape index (κ1) is 22.5. The van der Waals surface area contributed by atoms with E-state index in [4.69, 9.17) is 14.2 Å². The van der Waals surface area contributed by atoms with Gasteiger partial charge in [0, 0.05) is 18.2 Å². The van der Waals surface area contributed by atoms with E-state index in [0.717, 1.165) is 11.1 Å². The second-order valence-corrected chi connectivity index (χ2v) is 8.89. The fraction of sp³-hybridized carbons (Fsp3) is 0.250. The van der Waals surface area contributed by atoms with Crippen LogP contribution >= 0.6 is 0 Å². The molecule has 6 nitrogen and oxygen atoms in total. The van der Waals surface area contributed by atoms with E-state index in [9.17, 15) is 8.42 Å². The smallest absolute Gasteiger partial charge is 0.264 e. The fourth-order valence-electron chi connectivity index (χ4n) is 3.53. The number of methoxy groups -OCH3 is 3. The molecule has 0 aliphatic rings. The van der Waals surface area contributed by atoms with Crippen LogP contribution in [0.4, 0.5) is 5.69 Å². The Balaban J connectivity index is 2.22. The minimum absolute atomic E-state index is 0.163. The molecule has 0 saturated carbocycles. The largest absolute Gasteiger partial charge is 0.497 e. The molecule has 3 aromatic rings. The summed E-state index contributed by atoms with van der Waals surface area (Å²) in [6.45, 7) is 3.84. The van der Waals surface area contributed by atoms with E-state index < -0.39 is 16.1 Å². The Kier molecular flexibility index (Phi) is 6.75. The SMILES string of the molecule is COc1ccc(S(=O)(=O)N(c2cc(OC)cc(OC)c2)C(C)c2ccccc2C)cc1. The number of benzene rings is 3. The molecule has 1 atom stereocenters. The highest BCUT2D eigenvalue weighted by atomic mass is 32.2. The van der Waals surface area contributed by atoms with Crippen molar-refractivity contribution in [3.63, 3.8) is 0 Å². The Morgan fingerprint density at radius 3 is 1.84 bits per heavy atom. The summed E-state index contributed by atoms with van der Waals surface area (Å²) in [5, 5.41) is 0. The van der Waals surface area contributed by atoms with Gasteiger partial charge in [0.2, 0.25) is 0 Å². The van der Waals surface area contributed by atoms with Gasteiger partial charge in [-0.25, -0.2) is 8.42 Å². The molecule has 0 bridgehead atoms. The third-order valence-corrected chi connectivity index (χ3v) is 7.11. The predicted octanol–water partition coefficient (Wildman–Crippen LogP) is 4.98. The maximum Gasteiger partial charge on any atom is 0.264 e. The van der Waals surface area contributed by atoms with E-state index in [1.807, 2.05) is 38.1 Å². The Morgan fingerprint density at radius 2 is 1.32 bits per heavy atom. The average Bonchev–Trinajstić information content (AvgIpc) is 2.79. The van der Waals surface area contributed by atoms with Crippen LogP contribution in [0.5, 0.6) is 17.2 Å². The summed E-state index contributed by atoms with van der Waals surface area (Å²) >= 11 is 0. The van der Waals surface area contributed by atoms with Crippen molar-refractivity contribution in [2.45, 2.75) is 24.8 Å². The number of hydrogen-bond donors (Lipinski definition) is 0. The molecule has 1 unspecified atom stereocenters. The van der Waals surface area contributed by atoms with E-state index in [2.05, 4.69) is 0 Å². The minimum atomic E-state index is -3.93. The number of rotatable bonds is 8. The molecule has 31 heavy (non-hydrogen) atoms. The van der Waals surface area contributed by atoms with Gasteiger partial charge in [0.25, 0.3) is 10.0 Å². The molecule has 0 amide bonds. The second kappa shape index (κ2) is 9.31. The number of nitrogens with zero attached hydrogens (tertiary/aromatic N) is 1. The van der Waals surface area contributed by atoms with E-state index in [1.54, 1.807) is 49.6 Å². The Morgan fingerprint density at radius 1 is 0.774 bits per heavy atom. The van der Waals surface area contributed by atoms with Crippen LogP contribution in [0.15, 0.2) is 71.6 Å². The highest BCUT2D eigenvalue weighted by Gasteiger charge is 2.32. The van der Waals surface area contributed by atoms with Crippen LogP contribution in [0, 0.1) is 6.92 Å². The van der Waals surface area contributed by atoms with Crippen molar-refractivity contribution >= 4 is 15.7 Å². The van der Waals surface area contributed by atoms with Crippen molar-refractivity contribution in [3.8, 4) is 17.2 Å². The van der Waals surface area contributed by atoms with Gasteiger partial charge < -0.3 is 14.2 Å². The lowest BCUT2D eigenvalue weighted by molar-refractivity contribution is 0.394. The molecule has 3 aromatic carbocycles. The van der Waals surface area contributed by atoms with Gasteiger partial charge in [-0.2, -0.15) is 0 Å². The van der Waals surface area contributed by atoms with Crippen molar-refractivity contribution in [3.05, 3.63) is 77.9 Å². The number of hydrogen-bond acceptors (Lipinski definition) is 5. The van der Waals surface area contributed by atoms with Gasteiger partial charge in [-0.1, -0.05) is 24.3 Å². The number of anilines is 1. The van der Waals surface area contributed by atoms with Crippen LogP contribution in [0.25, 0.3) is 0 Å². The summed E-state index contributed by atoms with van der Waals surface area (Å²) in [5.74, 6) is 1.59. The lowest BCUT2D eigenvalue weighted by atomic mass is 10.0. The van der Waals surface area contributed by atoms with Crippen LogP contribution in [-0.2, 0) is 10.0 Å². The van der Waals surface area contributed by atoms with Gasteiger partial charge in [0.05, 0.1) is 38.0 Å². The summed E-state index contributed by atoms with van der Waals surface area (Å²) in [4.78, 5) is 0.163.